The van der Waals surface area contributed by atoms with Gasteiger partial charge in [0, 0.05) is 20.6 Å². The van der Waals surface area contributed by atoms with Crippen molar-refractivity contribution >= 4 is 23.3 Å². The minimum absolute atomic E-state index is 0.305. The van der Waals surface area contributed by atoms with E-state index in [2.05, 4.69) is 26.2 Å². The molecule has 1 saturated heterocycles. The molecule has 96 valence electrons. The fourth-order valence-corrected chi connectivity index (χ4v) is 27.1. The molecule has 1 fully saturated rings. The van der Waals surface area contributed by atoms with Crippen LogP contribution in [0.3, 0.4) is 0 Å². The van der Waals surface area contributed by atoms with Gasteiger partial charge in [0.05, 0.1) is 7.11 Å². The predicted molar refractivity (Wildman–Crippen MR) is 68.4 cm³/mol. The van der Waals surface area contributed by atoms with Crippen LogP contribution in [0.25, 0.3) is 0 Å². The highest BCUT2D eigenvalue weighted by Crippen LogP contribution is 2.34. The lowest BCUT2D eigenvalue weighted by molar-refractivity contribution is -0.130. The minimum Gasteiger partial charge on any atom is -0.424 e. The van der Waals surface area contributed by atoms with Crippen molar-refractivity contribution in [3.05, 3.63) is 0 Å². The van der Waals surface area contributed by atoms with Gasteiger partial charge in [-0.15, -0.1) is 0 Å². The molecule has 0 N–H and O–H groups in total. The van der Waals surface area contributed by atoms with Crippen molar-refractivity contribution in [2.75, 3.05) is 6.61 Å². The van der Waals surface area contributed by atoms with E-state index in [0.717, 1.165) is 12.7 Å². The Morgan fingerprint density at radius 2 is 1.75 bits per heavy atom. The zero-order valence-electron chi connectivity index (χ0n) is 10.4. The van der Waals surface area contributed by atoms with E-state index in [-0.39, 0.29) is 0 Å². The number of hydrogen-bond donors (Lipinski definition) is 0. The van der Waals surface area contributed by atoms with E-state index < -0.39 is 35.9 Å². The van der Waals surface area contributed by atoms with Crippen molar-refractivity contribution in [3.8, 4) is 0 Å². The summed E-state index contributed by atoms with van der Waals surface area (Å²) in [5.74, 6) is 0. The van der Waals surface area contributed by atoms with Crippen LogP contribution in [-0.2, 0) is 4.43 Å². The smallest absolute Gasteiger partial charge is 0.388 e. The minimum atomic E-state index is -4.01. The third kappa shape index (κ3) is 3.21. The van der Waals surface area contributed by atoms with Gasteiger partial charge in [0.1, 0.15) is 0 Å². The van der Waals surface area contributed by atoms with E-state index in [9.17, 15) is 13.2 Å². The molecule has 1 atom stereocenters. The van der Waals surface area contributed by atoms with Crippen LogP contribution in [0.1, 0.15) is 6.42 Å². The first kappa shape index (κ1) is 14.5. The van der Waals surface area contributed by atoms with E-state index in [0.29, 0.717) is 6.04 Å². The lowest BCUT2D eigenvalue weighted by Gasteiger charge is -2.47. The summed E-state index contributed by atoms with van der Waals surface area (Å²) in [6, 6.07) is 1.45. The molecule has 0 radical (unpaired) electrons. The summed E-state index contributed by atoms with van der Waals surface area (Å²) in [5.41, 5.74) is 0. The van der Waals surface area contributed by atoms with Gasteiger partial charge in [-0.25, -0.2) is 0 Å². The maximum Gasteiger partial charge on any atom is 0.388 e. The van der Waals surface area contributed by atoms with Gasteiger partial charge < -0.3 is 4.43 Å². The van der Waals surface area contributed by atoms with E-state index in [1.165, 1.54) is 0 Å². The van der Waals surface area contributed by atoms with Gasteiger partial charge in [-0.2, -0.15) is 13.2 Å². The molecule has 1 aliphatic rings. The molecule has 1 nitrogen and oxygen atoms in total. The van der Waals surface area contributed by atoms with Crippen molar-refractivity contribution < 1.29 is 17.6 Å². The number of halogens is 3. The Labute approximate surface area is 98.7 Å². The molecule has 0 bridgehead atoms. The molecule has 0 saturated carbocycles. The van der Waals surface area contributed by atoms with Crippen LogP contribution in [0.2, 0.25) is 38.3 Å². The zero-order valence-corrected chi connectivity index (χ0v) is 13.6. The topological polar surface area (TPSA) is 9.23 Å². The molecule has 7 heteroatoms. The monoisotopic (exact) mass is 286 g/mol. The van der Waals surface area contributed by atoms with Crippen LogP contribution >= 0.6 is 0 Å². The van der Waals surface area contributed by atoms with Crippen LogP contribution < -0.4 is 0 Å². The molecule has 1 heterocycles. The van der Waals surface area contributed by atoms with Gasteiger partial charge >= 0.3 is 6.18 Å². The van der Waals surface area contributed by atoms with Crippen LogP contribution in [0.5, 0.6) is 0 Å². The molecule has 0 aliphatic carbocycles. The maximum absolute atomic E-state index is 12.2. The summed E-state index contributed by atoms with van der Waals surface area (Å²) in [4.78, 5) is 0. The lowest BCUT2D eigenvalue weighted by atomic mass is 10.5. The van der Waals surface area contributed by atoms with E-state index in [1.54, 1.807) is 0 Å². The number of hydrogen-bond acceptors (Lipinski definition) is 1. The van der Waals surface area contributed by atoms with Gasteiger partial charge in [0.15, 0.2) is 8.56 Å². The van der Waals surface area contributed by atoms with Crippen molar-refractivity contribution in [2.45, 2.75) is 50.9 Å². The Hall–Kier alpha value is 0.401. The summed E-state index contributed by atoms with van der Waals surface area (Å²) in [7, 11) is -4.34. The number of rotatable bonds is 2. The van der Waals surface area contributed by atoms with E-state index in [4.69, 9.17) is 4.43 Å². The molecule has 0 aromatic rings. The second-order valence-electron chi connectivity index (χ2n) is 5.87. The largest absolute Gasteiger partial charge is 0.424 e. The maximum atomic E-state index is 12.2. The van der Waals surface area contributed by atoms with E-state index in [1.807, 2.05) is 0 Å². The summed E-state index contributed by atoms with van der Waals surface area (Å²) < 4.78 is 42.5. The second kappa shape index (κ2) is 4.58. The molecule has 0 aromatic heterocycles. The highest BCUT2D eigenvalue weighted by atomic mass is 29.6. The third-order valence-corrected chi connectivity index (χ3v) is 39.6. The average molecular weight is 287 g/mol. The molecule has 1 unspecified atom stereocenters. The highest BCUT2D eigenvalue weighted by Gasteiger charge is 2.51. The molecular formula is C9H21F3OSi3. The Bertz CT molecular complexity index is 253. The summed E-state index contributed by atoms with van der Waals surface area (Å²) in [5, 5.41) is 0. The first-order valence-corrected chi connectivity index (χ1v) is 16.0. The van der Waals surface area contributed by atoms with Crippen LogP contribution in [0.15, 0.2) is 0 Å². The molecule has 1 aliphatic heterocycles. The Morgan fingerprint density at radius 1 is 1.19 bits per heavy atom. The Kier molecular flexibility index (Phi) is 4.14. The molecule has 0 spiro atoms. The van der Waals surface area contributed by atoms with Gasteiger partial charge in [-0.3, -0.25) is 0 Å². The van der Waals surface area contributed by atoms with Gasteiger partial charge in [-0.1, -0.05) is 26.2 Å². The van der Waals surface area contributed by atoms with Crippen molar-refractivity contribution in [1.29, 1.82) is 0 Å². The lowest BCUT2D eigenvalue weighted by Crippen LogP contribution is -2.69. The van der Waals surface area contributed by atoms with Crippen LogP contribution in [-0.4, -0.2) is 36.0 Å². The fraction of sp³-hybridized carbons (Fsp3) is 1.00. The van der Waals surface area contributed by atoms with Crippen LogP contribution in [0.4, 0.5) is 13.2 Å². The first-order chi connectivity index (χ1) is 7.06. The van der Waals surface area contributed by atoms with Gasteiger partial charge in [0.2, 0.25) is 0 Å². The second-order valence-corrected chi connectivity index (χ2v) is 31.4. The summed E-state index contributed by atoms with van der Waals surface area (Å²) in [6.45, 7) is 9.95. The molecule has 1 rings (SSSR count). The van der Waals surface area contributed by atoms with Gasteiger partial charge in [-0.05, 0) is 12.1 Å². The standard InChI is InChI=1S/C9H21F3OSi3/c1-15(2)8-6-13-14(16(15,3)4)7-5-9(10,11)12/h14H,5-8H2,1-4H3. The Morgan fingerprint density at radius 3 is 2.25 bits per heavy atom. The number of alkyl halides is 3. The highest BCUT2D eigenvalue weighted by molar-refractivity contribution is 7.63. The fourth-order valence-electron chi connectivity index (χ4n) is 2.16. The zero-order chi connectivity index (χ0) is 12.6. The first-order valence-electron chi connectivity index (χ1n) is 5.75. The summed E-state index contributed by atoms with van der Waals surface area (Å²) >= 11 is 0. The quantitative estimate of drug-likeness (QED) is 0.708. The molecule has 0 aromatic carbocycles. The normalized spacial score (nSPS) is 29.1. The van der Waals surface area contributed by atoms with E-state index >= 15 is 0 Å². The van der Waals surface area contributed by atoms with Crippen molar-refractivity contribution in [3.63, 3.8) is 0 Å². The van der Waals surface area contributed by atoms with Crippen molar-refractivity contribution in [2.24, 2.45) is 0 Å². The SMILES string of the molecule is C[Si]1(C)CCO[SiH](CCC(F)(F)F)[Si]1(C)C. The van der Waals surface area contributed by atoms with Crippen LogP contribution in [0, 0.1) is 0 Å². The average Bonchev–Trinajstić information content (AvgIpc) is 2.06. The Balaban J connectivity index is 2.66. The molecule has 16 heavy (non-hydrogen) atoms. The predicted octanol–water partition coefficient (Wildman–Crippen LogP) is 3.27. The molecular weight excluding hydrogens is 265 g/mol. The molecule has 0 amide bonds. The summed E-state index contributed by atoms with van der Waals surface area (Å²) in [6.07, 6.45) is -4.64. The van der Waals surface area contributed by atoms with Gasteiger partial charge in [0.25, 0.3) is 0 Å². The third-order valence-electron chi connectivity index (χ3n) is 4.29. The van der Waals surface area contributed by atoms with Crippen molar-refractivity contribution in [1.82, 2.24) is 0 Å².